The maximum atomic E-state index is 12.8. The zero-order valence-electron chi connectivity index (χ0n) is 8.25. The Kier molecular flexibility index (Phi) is 4.26. The Morgan fingerprint density at radius 3 is 1.73 bits per heavy atom. The summed E-state index contributed by atoms with van der Waals surface area (Å²) in [6, 6.07) is -2.23. The summed E-state index contributed by atoms with van der Waals surface area (Å²) < 4.78 is 76.8. The van der Waals surface area contributed by atoms with Crippen LogP contribution >= 0.6 is 0 Å². The van der Waals surface area contributed by atoms with E-state index in [1.165, 1.54) is 19.6 Å². The molecule has 0 saturated carbocycles. The van der Waals surface area contributed by atoms with Crippen LogP contribution in [0.2, 0.25) is 19.6 Å². The summed E-state index contributed by atoms with van der Waals surface area (Å²) in [6.07, 6.45) is -9.36. The molecule has 0 heterocycles. The van der Waals surface area contributed by atoms with Crippen molar-refractivity contribution in [2.45, 2.75) is 32.2 Å². The van der Waals surface area contributed by atoms with Gasteiger partial charge in [0.15, 0.2) is 5.57 Å². The number of halogens is 6. The van der Waals surface area contributed by atoms with E-state index in [0.29, 0.717) is 0 Å². The van der Waals surface area contributed by atoms with Crippen molar-refractivity contribution in [3.05, 3.63) is 11.6 Å². The number of allylic oxidation sites excluding steroid dienone is 1. The van der Waals surface area contributed by atoms with Crippen molar-refractivity contribution in [1.29, 1.82) is 0 Å². The maximum Gasteiger partial charge on any atom is 0.424 e. The van der Waals surface area contributed by atoms with E-state index >= 15 is 0 Å². The van der Waals surface area contributed by atoms with Gasteiger partial charge in [-0.15, -0.1) is 0 Å². The van der Waals surface area contributed by atoms with Crippen LogP contribution in [0.15, 0.2) is 11.6 Å². The van der Waals surface area contributed by atoms with Crippen molar-refractivity contribution >= 4 is 8.32 Å². The van der Waals surface area contributed by atoms with Crippen LogP contribution in [0.3, 0.4) is 0 Å². The van der Waals surface area contributed by atoms with Gasteiger partial charge in [-0.25, -0.2) is 8.78 Å². The van der Waals surface area contributed by atoms with E-state index in [2.05, 4.69) is 4.43 Å². The van der Waals surface area contributed by atoms with E-state index in [-0.39, 0.29) is 0 Å². The molecule has 0 aromatic heterocycles. The van der Waals surface area contributed by atoms with Gasteiger partial charge >= 0.3 is 6.18 Å². The molecule has 0 rings (SSSR count). The van der Waals surface area contributed by atoms with Crippen LogP contribution < -0.4 is 0 Å². The Balaban J connectivity index is 5.13. The minimum atomic E-state index is -5.42. The minimum Gasteiger partial charge on any atom is -0.524 e. The van der Waals surface area contributed by atoms with Crippen molar-refractivity contribution in [2.24, 2.45) is 0 Å². The summed E-state index contributed by atoms with van der Waals surface area (Å²) >= 11 is 0. The highest BCUT2D eigenvalue weighted by atomic mass is 28.4. The molecule has 0 aliphatic heterocycles. The van der Waals surface area contributed by atoms with Crippen LogP contribution in [-0.2, 0) is 4.43 Å². The molecule has 8 heteroatoms. The fourth-order valence-corrected chi connectivity index (χ4v) is 1.29. The van der Waals surface area contributed by atoms with Crippen LogP contribution in [0.1, 0.15) is 0 Å². The SMILES string of the molecule is C[Si](C)(C)O/C(F)=C(\C(F)F)C(F)(F)F. The first-order valence-corrected chi connectivity index (χ1v) is 7.30. The second-order valence-corrected chi connectivity index (χ2v) is 8.13. The van der Waals surface area contributed by atoms with Gasteiger partial charge in [0, 0.05) is 0 Å². The molecule has 0 amide bonds. The predicted octanol–water partition coefficient (Wildman–Crippen LogP) is 3.85. The van der Waals surface area contributed by atoms with Crippen molar-refractivity contribution in [3.63, 3.8) is 0 Å². The smallest absolute Gasteiger partial charge is 0.424 e. The Morgan fingerprint density at radius 1 is 1.13 bits per heavy atom. The predicted molar refractivity (Wildman–Crippen MR) is 44.6 cm³/mol. The molecule has 0 atom stereocenters. The lowest BCUT2D eigenvalue weighted by molar-refractivity contribution is -0.114. The lowest BCUT2D eigenvalue weighted by Crippen LogP contribution is -2.28. The van der Waals surface area contributed by atoms with Crippen molar-refractivity contribution < 1.29 is 30.8 Å². The molecule has 0 aliphatic rings. The summed E-state index contributed by atoms with van der Waals surface area (Å²) in [4.78, 5) is 0. The van der Waals surface area contributed by atoms with Gasteiger partial charge in [-0.05, 0) is 19.6 Å². The monoisotopic (exact) mass is 252 g/mol. The molecule has 0 N–H and O–H groups in total. The first kappa shape index (κ1) is 14.3. The van der Waals surface area contributed by atoms with Gasteiger partial charge in [0.1, 0.15) is 0 Å². The summed E-state index contributed by atoms with van der Waals surface area (Å²) in [6.45, 7) is 4.14. The summed E-state index contributed by atoms with van der Waals surface area (Å²) in [7, 11) is -2.67. The first-order chi connectivity index (χ1) is 6.45. The van der Waals surface area contributed by atoms with Crippen LogP contribution in [0.5, 0.6) is 0 Å². The molecule has 0 unspecified atom stereocenters. The quantitative estimate of drug-likeness (QED) is 0.421. The second-order valence-electron chi connectivity index (χ2n) is 3.70. The third-order valence-corrected chi connectivity index (χ3v) is 1.92. The summed E-state index contributed by atoms with van der Waals surface area (Å²) in [5, 5.41) is 0. The molecule has 0 bridgehead atoms. The van der Waals surface area contributed by atoms with Gasteiger partial charge in [-0.2, -0.15) is 17.6 Å². The normalized spacial score (nSPS) is 15.3. The van der Waals surface area contributed by atoms with Crippen molar-refractivity contribution in [3.8, 4) is 0 Å². The summed E-state index contributed by atoms with van der Waals surface area (Å²) in [5.74, 6) is 0. The highest BCUT2D eigenvalue weighted by Crippen LogP contribution is 2.34. The third-order valence-electron chi connectivity index (χ3n) is 1.13. The fourth-order valence-electron chi connectivity index (χ4n) is 0.645. The molecule has 90 valence electrons. The molecule has 0 spiro atoms. The minimum absolute atomic E-state index is 1.38. The first-order valence-electron chi connectivity index (χ1n) is 3.89. The maximum absolute atomic E-state index is 12.8. The van der Waals surface area contributed by atoms with Gasteiger partial charge in [0.25, 0.3) is 12.4 Å². The molecule has 0 fully saturated rings. The Bertz CT molecular complexity index is 251. The zero-order valence-corrected chi connectivity index (χ0v) is 9.25. The number of hydrogen-bond donors (Lipinski definition) is 0. The van der Waals surface area contributed by atoms with Crippen LogP contribution in [0.4, 0.5) is 26.3 Å². The van der Waals surface area contributed by atoms with Crippen LogP contribution in [-0.4, -0.2) is 20.9 Å². The van der Waals surface area contributed by atoms with E-state index in [1.807, 2.05) is 0 Å². The molecule has 0 aromatic rings. The van der Waals surface area contributed by atoms with Gasteiger partial charge in [0.05, 0.1) is 0 Å². The molecular weight excluding hydrogens is 242 g/mol. The molecule has 15 heavy (non-hydrogen) atoms. The van der Waals surface area contributed by atoms with Gasteiger partial charge in [0.2, 0.25) is 8.32 Å². The van der Waals surface area contributed by atoms with E-state index in [9.17, 15) is 26.3 Å². The van der Waals surface area contributed by atoms with Crippen LogP contribution in [0, 0.1) is 0 Å². The standard InChI is InChI=1S/C7H10F6OSi/c1-15(2,3)14-6(10)4(5(8)9)7(11,12)13/h5H,1-3H3/b6-4+. The lowest BCUT2D eigenvalue weighted by Gasteiger charge is -2.20. The van der Waals surface area contributed by atoms with E-state index in [1.54, 1.807) is 0 Å². The van der Waals surface area contributed by atoms with Gasteiger partial charge in [-0.1, -0.05) is 0 Å². The van der Waals surface area contributed by atoms with E-state index < -0.39 is 32.5 Å². The molecule has 0 aromatic carbocycles. The van der Waals surface area contributed by atoms with E-state index in [0.717, 1.165) is 0 Å². The van der Waals surface area contributed by atoms with Crippen molar-refractivity contribution in [1.82, 2.24) is 0 Å². The molecule has 0 aliphatic carbocycles. The lowest BCUT2D eigenvalue weighted by atomic mass is 10.3. The van der Waals surface area contributed by atoms with Crippen LogP contribution in [0.25, 0.3) is 0 Å². The Labute approximate surface area is 83.9 Å². The average molecular weight is 252 g/mol. The number of rotatable bonds is 3. The Hall–Kier alpha value is -0.663. The zero-order chi connectivity index (χ0) is 12.4. The molecule has 0 saturated heterocycles. The largest absolute Gasteiger partial charge is 0.524 e. The highest BCUT2D eigenvalue weighted by Gasteiger charge is 2.44. The molecular formula is C7H10F6OSi. The Morgan fingerprint density at radius 2 is 1.53 bits per heavy atom. The summed E-state index contributed by atoms with van der Waals surface area (Å²) in [5.41, 5.74) is -2.55. The molecule has 1 nitrogen and oxygen atoms in total. The molecule has 0 radical (unpaired) electrons. The van der Waals surface area contributed by atoms with Crippen molar-refractivity contribution in [2.75, 3.05) is 0 Å². The third kappa shape index (κ3) is 5.10. The highest BCUT2D eigenvalue weighted by molar-refractivity contribution is 6.70. The number of hydrogen-bond acceptors (Lipinski definition) is 1. The number of alkyl halides is 5. The average Bonchev–Trinajstić information content (AvgIpc) is 1.74. The van der Waals surface area contributed by atoms with Gasteiger partial charge in [-0.3, -0.25) is 0 Å². The topological polar surface area (TPSA) is 9.23 Å². The fraction of sp³-hybridized carbons (Fsp3) is 0.714. The van der Waals surface area contributed by atoms with E-state index in [4.69, 9.17) is 0 Å². The second kappa shape index (κ2) is 4.46. The van der Waals surface area contributed by atoms with Gasteiger partial charge < -0.3 is 4.43 Å².